The zero-order valence-corrected chi connectivity index (χ0v) is 12.9. The Bertz CT molecular complexity index is 858. The summed E-state index contributed by atoms with van der Waals surface area (Å²) < 4.78 is 7.01. The van der Waals surface area contributed by atoms with E-state index in [-0.39, 0.29) is 16.8 Å². The number of aryl methyl sites for hydroxylation is 1. The van der Waals surface area contributed by atoms with E-state index < -0.39 is 41.6 Å². The van der Waals surface area contributed by atoms with E-state index in [1.54, 1.807) is 6.92 Å². The molecule has 2 bridgehead atoms. The zero-order chi connectivity index (χ0) is 17.2. The van der Waals surface area contributed by atoms with Crippen LogP contribution in [0.15, 0.2) is 27.9 Å². The number of aliphatic hydroxyl groups excluding tert-OH is 1. The SMILES string of the molecule is Cc1cn([C@@H]2O[C@H](CO)[C@]3([N+](=O)[O-])[C@H]2[C@@H]2C=C[C@H]3C2)c(=O)[nH]c1=O. The van der Waals surface area contributed by atoms with Crippen molar-refractivity contribution in [1.82, 2.24) is 9.55 Å². The molecule has 2 aliphatic carbocycles. The molecule has 128 valence electrons. The highest BCUT2D eigenvalue weighted by molar-refractivity contribution is 5.26. The number of rotatable bonds is 3. The standard InChI is InChI=1S/C15H17N3O6/c1-7-5-17(14(21)16-12(7)20)13-11-8-2-3-9(4-8)15(11,18(22)23)10(6-19)24-13/h2-3,5,8-11,13,19H,4,6H2,1H3,(H,16,20,21)/t8-,9+,10-,11+,13-,15+/m1/s1. The molecule has 1 saturated carbocycles. The number of aliphatic hydroxyl groups is 1. The Morgan fingerprint density at radius 2 is 2.25 bits per heavy atom. The van der Waals surface area contributed by atoms with Crippen molar-refractivity contribution in [2.75, 3.05) is 6.61 Å². The first-order valence-electron chi connectivity index (χ1n) is 7.82. The van der Waals surface area contributed by atoms with E-state index in [0.29, 0.717) is 12.0 Å². The molecule has 1 saturated heterocycles. The van der Waals surface area contributed by atoms with E-state index >= 15 is 0 Å². The van der Waals surface area contributed by atoms with Gasteiger partial charge in [-0.15, -0.1) is 0 Å². The fraction of sp³-hybridized carbons (Fsp3) is 0.600. The van der Waals surface area contributed by atoms with E-state index in [4.69, 9.17) is 4.74 Å². The van der Waals surface area contributed by atoms with Crippen LogP contribution in [0.2, 0.25) is 0 Å². The van der Waals surface area contributed by atoms with Gasteiger partial charge in [0.2, 0.25) is 0 Å². The summed E-state index contributed by atoms with van der Waals surface area (Å²) in [7, 11) is 0. The predicted octanol–water partition coefficient (Wildman–Crippen LogP) is -0.428. The highest BCUT2D eigenvalue weighted by atomic mass is 16.6. The maximum absolute atomic E-state index is 12.2. The number of fused-ring (bicyclic) bond motifs is 5. The minimum Gasteiger partial charge on any atom is -0.393 e. The molecule has 1 aromatic heterocycles. The minimum absolute atomic E-state index is 0.0962. The first-order valence-corrected chi connectivity index (χ1v) is 7.82. The van der Waals surface area contributed by atoms with Crippen LogP contribution in [-0.2, 0) is 4.74 Å². The lowest BCUT2D eigenvalue weighted by molar-refractivity contribution is -0.589. The van der Waals surface area contributed by atoms with E-state index in [0.717, 1.165) is 0 Å². The number of nitro groups is 1. The Hall–Kier alpha value is -2.26. The second-order valence-corrected chi connectivity index (χ2v) is 6.74. The molecule has 9 heteroatoms. The van der Waals surface area contributed by atoms with Gasteiger partial charge < -0.3 is 9.84 Å². The summed E-state index contributed by atoms with van der Waals surface area (Å²) in [5.74, 6) is -0.993. The second-order valence-electron chi connectivity index (χ2n) is 6.74. The molecule has 4 rings (SSSR count). The Labute approximate surface area is 135 Å². The van der Waals surface area contributed by atoms with Crippen LogP contribution in [0.1, 0.15) is 18.2 Å². The molecular formula is C15H17N3O6. The minimum atomic E-state index is -1.44. The molecule has 1 aromatic rings. The third-order valence-electron chi connectivity index (χ3n) is 5.73. The topological polar surface area (TPSA) is 127 Å². The van der Waals surface area contributed by atoms with Gasteiger partial charge in [-0.25, -0.2) is 4.79 Å². The number of H-pyrrole nitrogens is 1. The van der Waals surface area contributed by atoms with Crippen LogP contribution in [0.3, 0.4) is 0 Å². The van der Waals surface area contributed by atoms with Crippen LogP contribution in [0.5, 0.6) is 0 Å². The number of hydrogen-bond donors (Lipinski definition) is 2. The zero-order valence-electron chi connectivity index (χ0n) is 12.9. The molecule has 2 heterocycles. The van der Waals surface area contributed by atoms with Crippen LogP contribution in [0, 0.1) is 34.8 Å². The number of nitrogens with one attached hydrogen (secondary N) is 1. The summed E-state index contributed by atoms with van der Waals surface area (Å²) in [5, 5.41) is 21.7. The quantitative estimate of drug-likeness (QED) is 0.438. The summed E-state index contributed by atoms with van der Waals surface area (Å²) in [5.41, 5.74) is -2.29. The van der Waals surface area contributed by atoms with Crippen LogP contribution in [-0.4, -0.2) is 37.8 Å². The molecule has 3 aliphatic rings. The highest BCUT2D eigenvalue weighted by Gasteiger charge is 2.76. The Morgan fingerprint density at radius 1 is 1.50 bits per heavy atom. The molecule has 0 spiro atoms. The van der Waals surface area contributed by atoms with Crippen molar-refractivity contribution < 1.29 is 14.8 Å². The maximum Gasteiger partial charge on any atom is 0.330 e. The molecule has 1 aliphatic heterocycles. The van der Waals surface area contributed by atoms with Crippen LogP contribution in [0.25, 0.3) is 0 Å². The van der Waals surface area contributed by atoms with E-state index in [2.05, 4.69) is 4.98 Å². The summed E-state index contributed by atoms with van der Waals surface area (Å²) >= 11 is 0. The molecule has 24 heavy (non-hydrogen) atoms. The fourth-order valence-corrected chi connectivity index (χ4v) is 4.76. The van der Waals surface area contributed by atoms with Crippen molar-refractivity contribution in [3.63, 3.8) is 0 Å². The summed E-state index contributed by atoms with van der Waals surface area (Å²) in [4.78, 5) is 37.6. The molecule has 2 fully saturated rings. The van der Waals surface area contributed by atoms with Gasteiger partial charge in [-0.3, -0.25) is 24.5 Å². The van der Waals surface area contributed by atoms with Gasteiger partial charge in [0, 0.05) is 16.7 Å². The number of allylic oxidation sites excluding steroid dienone is 1. The van der Waals surface area contributed by atoms with Crippen LogP contribution < -0.4 is 11.2 Å². The van der Waals surface area contributed by atoms with Gasteiger partial charge in [0.05, 0.1) is 18.4 Å². The Morgan fingerprint density at radius 3 is 2.92 bits per heavy atom. The monoisotopic (exact) mass is 335 g/mol. The van der Waals surface area contributed by atoms with Crippen LogP contribution >= 0.6 is 0 Å². The number of hydrogen-bond acceptors (Lipinski definition) is 6. The number of nitrogens with zero attached hydrogens (tertiary/aromatic N) is 2. The van der Waals surface area contributed by atoms with E-state index in [1.165, 1.54) is 10.8 Å². The van der Waals surface area contributed by atoms with Crippen molar-refractivity contribution >= 4 is 0 Å². The Kier molecular flexibility index (Phi) is 3.10. The number of aromatic amines is 1. The fourth-order valence-electron chi connectivity index (χ4n) is 4.76. The normalized spacial score (nSPS) is 39.3. The van der Waals surface area contributed by atoms with Gasteiger partial charge in [0.1, 0.15) is 6.23 Å². The molecule has 6 atom stereocenters. The molecule has 0 radical (unpaired) electrons. The molecule has 0 amide bonds. The van der Waals surface area contributed by atoms with Gasteiger partial charge in [-0.2, -0.15) is 0 Å². The van der Waals surface area contributed by atoms with Gasteiger partial charge in [0.25, 0.3) is 11.1 Å². The van der Waals surface area contributed by atoms with Crippen molar-refractivity contribution in [1.29, 1.82) is 0 Å². The average molecular weight is 335 g/mol. The molecular weight excluding hydrogens is 318 g/mol. The Balaban J connectivity index is 1.90. The highest BCUT2D eigenvalue weighted by Crippen LogP contribution is 2.62. The van der Waals surface area contributed by atoms with Crippen LogP contribution in [0.4, 0.5) is 0 Å². The average Bonchev–Trinajstić information content (AvgIpc) is 3.20. The largest absolute Gasteiger partial charge is 0.393 e. The lowest BCUT2D eigenvalue weighted by Crippen LogP contribution is -2.55. The lowest BCUT2D eigenvalue weighted by Gasteiger charge is -2.31. The van der Waals surface area contributed by atoms with Gasteiger partial charge >= 0.3 is 5.69 Å². The molecule has 0 unspecified atom stereocenters. The number of aromatic nitrogens is 2. The smallest absolute Gasteiger partial charge is 0.330 e. The van der Waals surface area contributed by atoms with Gasteiger partial charge in [-0.1, -0.05) is 12.2 Å². The summed E-state index contributed by atoms with van der Waals surface area (Å²) in [6, 6.07) is 0. The van der Waals surface area contributed by atoms with Gasteiger partial charge in [-0.05, 0) is 19.3 Å². The molecule has 2 N–H and O–H groups in total. The summed E-state index contributed by atoms with van der Waals surface area (Å²) in [6.45, 7) is 1.05. The first-order chi connectivity index (χ1) is 11.4. The number of ether oxygens (including phenoxy) is 1. The third-order valence-corrected chi connectivity index (χ3v) is 5.73. The van der Waals surface area contributed by atoms with Gasteiger partial charge in [0.15, 0.2) is 6.10 Å². The lowest BCUT2D eigenvalue weighted by atomic mass is 9.74. The van der Waals surface area contributed by atoms with Crippen molar-refractivity contribution in [2.24, 2.45) is 17.8 Å². The summed E-state index contributed by atoms with van der Waals surface area (Å²) in [6.07, 6.45) is 3.83. The van der Waals surface area contributed by atoms with Crippen molar-refractivity contribution in [3.05, 3.63) is 54.9 Å². The van der Waals surface area contributed by atoms with Crippen molar-refractivity contribution in [3.8, 4) is 0 Å². The molecule has 9 nitrogen and oxygen atoms in total. The third kappa shape index (κ3) is 1.65. The maximum atomic E-state index is 12.2. The first kappa shape index (κ1) is 15.3. The molecule has 0 aromatic carbocycles. The van der Waals surface area contributed by atoms with Crippen molar-refractivity contribution in [2.45, 2.75) is 31.2 Å². The second kappa shape index (κ2) is 4.87. The van der Waals surface area contributed by atoms with E-state index in [9.17, 15) is 24.8 Å². The predicted molar refractivity (Wildman–Crippen MR) is 81.0 cm³/mol. The van der Waals surface area contributed by atoms with E-state index in [1.807, 2.05) is 12.2 Å².